The molecular weight excluding hydrogens is 426 g/mol. The van der Waals surface area contributed by atoms with E-state index < -0.39 is 5.76 Å². The molecule has 0 radical (unpaired) electrons. The van der Waals surface area contributed by atoms with Crippen LogP contribution >= 0.6 is 0 Å². The molecule has 1 aromatic carbocycles. The number of carbonyl (C=O) groups excluding carboxylic acids is 1. The fourth-order valence-electron chi connectivity index (χ4n) is 4.37. The van der Waals surface area contributed by atoms with E-state index in [0.717, 1.165) is 29.9 Å². The number of carbonyl (C=O) groups is 1. The summed E-state index contributed by atoms with van der Waals surface area (Å²) in [6.07, 6.45) is 4.70. The summed E-state index contributed by atoms with van der Waals surface area (Å²) in [5, 5.41) is 4.78. The zero-order chi connectivity index (χ0) is 22.8. The van der Waals surface area contributed by atoms with Crippen LogP contribution in [0.2, 0.25) is 0 Å². The summed E-state index contributed by atoms with van der Waals surface area (Å²) in [4.78, 5) is 31.4. The number of methoxy groups -OCH3 is 1. The summed E-state index contributed by atoms with van der Waals surface area (Å²) in [6.45, 7) is 2.70. The van der Waals surface area contributed by atoms with Crippen molar-refractivity contribution in [1.82, 2.24) is 24.2 Å². The Kier molecular flexibility index (Phi) is 5.82. The van der Waals surface area contributed by atoms with E-state index in [-0.39, 0.29) is 18.9 Å². The highest BCUT2D eigenvalue weighted by Crippen LogP contribution is 2.30. The largest absolute Gasteiger partial charge is 0.451 e. The Bertz CT molecular complexity index is 1320. The lowest BCUT2D eigenvalue weighted by atomic mass is 10.0. The van der Waals surface area contributed by atoms with Gasteiger partial charge in [0, 0.05) is 64.0 Å². The number of aryl methyl sites for hydroxylation is 2. The van der Waals surface area contributed by atoms with E-state index in [1.807, 2.05) is 27.8 Å². The van der Waals surface area contributed by atoms with E-state index >= 15 is 0 Å². The molecule has 5 rings (SSSR count). The van der Waals surface area contributed by atoms with Gasteiger partial charge in [0.15, 0.2) is 12.0 Å². The number of aromatic nitrogens is 4. The highest BCUT2D eigenvalue weighted by Gasteiger charge is 2.29. The molecule has 0 atom stereocenters. The predicted molar refractivity (Wildman–Crippen MR) is 118 cm³/mol. The first-order chi connectivity index (χ1) is 16.2. The van der Waals surface area contributed by atoms with Crippen LogP contribution in [-0.2, 0) is 35.6 Å². The molecule has 4 heterocycles. The van der Waals surface area contributed by atoms with Crippen LogP contribution < -0.4 is 5.76 Å². The topological polar surface area (TPSA) is 109 Å². The number of hydrogen-bond acceptors (Lipinski definition) is 7. The Morgan fingerprint density at radius 1 is 1.24 bits per heavy atom. The fourth-order valence-corrected chi connectivity index (χ4v) is 4.37. The van der Waals surface area contributed by atoms with Crippen molar-refractivity contribution < 1.29 is 18.4 Å². The van der Waals surface area contributed by atoms with Crippen molar-refractivity contribution in [2.45, 2.75) is 38.9 Å². The fraction of sp³-hybridized carbons (Fsp3) is 0.391. The lowest BCUT2D eigenvalue weighted by Crippen LogP contribution is -2.37. The quantitative estimate of drug-likeness (QED) is 0.379. The average molecular weight is 451 g/mol. The number of hydrogen-bond donors (Lipinski definition) is 0. The van der Waals surface area contributed by atoms with Crippen molar-refractivity contribution in [2.75, 3.05) is 20.3 Å². The van der Waals surface area contributed by atoms with Crippen molar-refractivity contribution >= 4 is 17.0 Å². The zero-order valence-corrected chi connectivity index (χ0v) is 18.4. The second-order valence-electron chi connectivity index (χ2n) is 8.02. The van der Waals surface area contributed by atoms with Gasteiger partial charge in [-0.2, -0.15) is 5.10 Å². The maximum atomic E-state index is 13.1. The van der Waals surface area contributed by atoms with Crippen LogP contribution in [-0.4, -0.2) is 50.4 Å². The Labute approximate surface area is 189 Å². The summed E-state index contributed by atoms with van der Waals surface area (Å²) in [7, 11) is 1.68. The third-order valence-electron chi connectivity index (χ3n) is 6.00. The van der Waals surface area contributed by atoms with Gasteiger partial charge < -0.3 is 18.5 Å². The van der Waals surface area contributed by atoms with Crippen LogP contribution in [0, 0.1) is 0 Å². The van der Waals surface area contributed by atoms with Gasteiger partial charge in [-0.3, -0.25) is 14.0 Å². The van der Waals surface area contributed by atoms with Gasteiger partial charge in [0.05, 0.1) is 5.52 Å². The summed E-state index contributed by atoms with van der Waals surface area (Å²) >= 11 is 0. The van der Waals surface area contributed by atoms with Gasteiger partial charge >= 0.3 is 5.76 Å². The SMILES string of the molecule is COCCCn1nc(-c2cocn2)c2c1CCN(C(=O)CCn1c(=O)oc3ccccc31)C2. The van der Waals surface area contributed by atoms with Crippen molar-refractivity contribution in [3.8, 4) is 11.4 Å². The summed E-state index contributed by atoms with van der Waals surface area (Å²) in [5.41, 5.74) is 4.72. The molecule has 0 aliphatic carbocycles. The van der Waals surface area contributed by atoms with Crippen LogP contribution in [0.5, 0.6) is 0 Å². The lowest BCUT2D eigenvalue weighted by molar-refractivity contribution is -0.132. The number of benzene rings is 1. The van der Waals surface area contributed by atoms with E-state index in [1.165, 1.54) is 11.0 Å². The second-order valence-corrected chi connectivity index (χ2v) is 8.02. The van der Waals surface area contributed by atoms with Crippen molar-refractivity contribution in [3.63, 3.8) is 0 Å². The molecule has 1 aliphatic rings. The number of amides is 1. The number of para-hydroxylation sites is 2. The number of ether oxygens (including phenoxy) is 1. The third kappa shape index (κ3) is 4.09. The summed E-state index contributed by atoms with van der Waals surface area (Å²) in [6, 6.07) is 7.22. The molecule has 33 heavy (non-hydrogen) atoms. The lowest BCUT2D eigenvalue weighted by Gasteiger charge is -2.28. The van der Waals surface area contributed by atoms with Gasteiger partial charge in [0.2, 0.25) is 5.91 Å². The molecule has 1 aliphatic heterocycles. The van der Waals surface area contributed by atoms with Crippen molar-refractivity contribution in [3.05, 3.63) is 58.7 Å². The third-order valence-corrected chi connectivity index (χ3v) is 6.00. The normalized spacial score (nSPS) is 13.5. The van der Waals surface area contributed by atoms with Crippen LogP contribution in [0.1, 0.15) is 24.1 Å². The highest BCUT2D eigenvalue weighted by atomic mass is 16.5. The number of nitrogens with zero attached hydrogens (tertiary/aromatic N) is 5. The summed E-state index contributed by atoms with van der Waals surface area (Å²) in [5.74, 6) is -0.466. The number of fused-ring (bicyclic) bond motifs is 2. The molecule has 3 aromatic heterocycles. The van der Waals surface area contributed by atoms with Gasteiger partial charge in [0.1, 0.15) is 17.7 Å². The van der Waals surface area contributed by atoms with E-state index in [9.17, 15) is 9.59 Å². The first kappa shape index (κ1) is 21.2. The summed E-state index contributed by atoms with van der Waals surface area (Å²) < 4.78 is 19.1. The molecule has 0 saturated carbocycles. The monoisotopic (exact) mass is 451 g/mol. The van der Waals surface area contributed by atoms with Crippen LogP contribution in [0.3, 0.4) is 0 Å². The predicted octanol–water partition coefficient (Wildman–Crippen LogP) is 2.46. The van der Waals surface area contributed by atoms with Crippen LogP contribution in [0.4, 0.5) is 0 Å². The molecule has 0 spiro atoms. The van der Waals surface area contributed by atoms with Crippen molar-refractivity contribution in [1.29, 1.82) is 0 Å². The van der Waals surface area contributed by atoms with Gasteiger partial charge in [-0.15, -0.1) is 0 Å². The molecule has 0 fully saturated rings. The minimum absolute atomic E-state index is 0.0175. The van der Waals surface area contributed by atoms with Gasteiger partial charge in [-0.1, -0.05) is 12.1 Å². The maximum Gasteiger partial charge on any atom is 0.419 e. The Hall–Kier alpha value is -3.66. The van der Waals surface area contributed by atoms with E-state index in [0.29, 0.717) is 42.9 Å². The van der Waals surface area contributed by atoms with Gasteiger partial charge in [-0.05, 0) is 18.6 Å². The average Bonchev–Trinajstić information content (AvgIpc) is 3.55. The highest BCUT2D eigenvalue weighted by molar-refractivity contribution is 5.78. The number of oxazole rings is 2. The van der Waals surface area contributed by atoms with Crippen molar-refractivity contribution in [2.24, 2.45) is 0 Å². The minimum atomic E-state index is -0.449. The van der Waals surface area contributed by atoms with Crippen LogP contribution in [0.25, 0.3) is 22.5 Å². The molecular formula is C23H25N5O5. The maximum absolute atomic E-state index is 13.1. The molecule has 0 bridgehead atoms. The number of rotatable bonds is 8. The molecule has 10 heteroatoms. The molecule has 0 N–H and O–H groups in total. The first-order valence-electron chi connectivity index (χ1n) is 11.0. The van der Waals surface area contributed by atoms with E-state index in [1.54, 1.807) is 19.4 Å². The van der Waals surface area contributed by atoms with E-state index in [2.05, 4.69) is 4.98 Å². The van der Waals surface area contributed by atoms with E-state index in [4.69, 9.17) is 18.7 Å². The second kappa shape index (κ2) is 9.07. The smallest absolute Gasteiger partial charge is 0.419 e. The first-order valence-corrected chi connectivity index (χ1v) is 11.0. The standard InChI is InChI=1S/C23H25N5O5/c1-31-12-4-9-28-18-7-10-26(13-16(18)22(25-28)17-14-32-15-24-17)21(29)8-11-27-19-5-2-3-6-20(19)33-23(27)30/h2-3,5-6,14-15H,4,7-13H2,1H3. The Morgan fingerprint density at radius 2 is 2.12 bits per heavy atom. The molecule has 10 nitrogen and oxygen atoms in total. The molecule has 172 valence electrons. The molecule has 4 aromatic rings. The minimum Gasteiger partial charge on any atom is -0.451 e. The Morgan fingerprint density at radius 3 is 2.94 bits per heavy atom. The Balaban J connectivity index is 1.34. The zero-order valence-electron chi connectivity index (χ0n) is 18.4. The molecule has 1 amide bonds. The van der Waals surface area contributed by atoms with Crippen LogP contribution in [0.15, 0.2) is 50.6 Å². The van der Waals surface area contributed by atoms with Gasteiger partial charge in [-0.25, -0.2) is 9.78 Å². The van der Waals surface area contributed by atoms with Gasteiger partial charge in [0.25, 0.3) is 0 Å². The molecule has 0 unspecified atom stereocenters. The molecule has 0 saturated heterocycles.